The number of benzene rings is 5. The third-order valence-electron chi connectivity index (χ3n) is 25.7. The van der Waals surface area contributed by atoms with Gasteiger partial charge in [-0.1, -0.05) is 130 Å². The number of aryl methyl sites for hydroxylation is 12. The Kier molecular flexibility index (Phi) is 18.3. The van der Waals surface area contributed by atoms with Crippen LogP contribution in [-0.4, -0.2) is 24.9 Å². The molecule has 5 aliphatic rings. The lowest BCUT2D eigenvalue weighted by Crippen LogP contribution is -2.34. The van der Waals surface area contributed by atoms with Crippen LogP contribution in [0.15, 0.2) is 256 Å². The molecule has 0 bridgehead atoms. The van der Waals surface area contributed by atoms with Crippen molar-refractivity contribution in [2.24, 2.45) is 35.2 Å². The quantitative estimate of drug-likeness (QED) is 0.160. The van der Waals surface area contributed by atoms with Crippen LogP contribution in [0.1, 0.15) is 178 Å². The molecule has 0 saturated heterocycles. The minimum Gasteiger partial charge on any atom is -0.260 e. The lowest BCUT2D eigenvalue weighted by molar-refractivity contribution is -0.666. The summed E-state index contributed by atoms with van der Waals surface area (Å²) in [4.78, 5) is 23.0. The minimum atomic E-state index is -2.79. The van der Waals surface area contributed by atoms with E-state index in [1.54, 1.807) is 18.2 Å². The predicted molar refractivity (Wildman–Crippen MR) is 480 cm³/mol. The van der Waals surface area contributed by atoms with Crippen molar-refractivity contribution >= 4 is 0 Å². The monoisotopic (exact) mass is 1550 g/mol. The number of rotatable bonds is 5. The first-order chi connectivity index (χ1) is 58.7. The normalized spacial score (nSPS) is 15.4. The van der Waals surface area contributed by atoms with Gasteiger partial charge >= 0.3 is 0 Å². The van der Waals surface area contributed by atoms with Gasteiger partial charge in [0.25, 0.3) is 0 Å². The highest BCUT2D eigenvalue weighted by atomic mass is 15.0. The molecule has 0 spiro atoms. The molecule has 588 valence electrons. The Morgan fingerprint density at radius 2 is 0.551 bits per heavy atom. The summed E-state index contributed by atoms with van der Waals surface area (Å²) < 4.78 is 60.3. The molecule has 118 heavy (non-hydrogen) atoms. The van der Waals surface area contributed by atoms with Gasteiger partial charge in [-0.15, -0.1) is 0 Å². The summed E-state index contributed by atoms with van der Waals surface area (Å²) in [5, 5.41) is 0. The SMILES string of the molecule is Cc1cc2c(cc1-c1cccc(C)[n+]1C)-c1cccnc1C2(C)C.Cc1cc2c(cc1-c1cccc[n+]1C)-c1cccnc1C2(C)C.Cc1cc[n+](C)c(-c2cc3c(cc2C)C(C)(C)c2ncccc2-3)c1.Cc1ccc(-c2cc3c(cc2C)C(C)(C)c2ncccc2-3)[n+](C)c1.[2H]C([2H])([2H])C1(C([2H])([2H])[2H])c2cc(C)c(-c3cccc[n+]3C)cc2-c2cccnc21. The van der Waals surface area contributed by atoms with Crippen LogP contribution >= 0.6 is 0 Å². The molecule has 0 amide bonds. The summed E-state index contributed by atoms with van der Waals surface area (Å²) in [5.74, 6) is 0. The van der Waals surface area contributed by atoms with Gasteiger partial charge < -0.3 is 0 Å². The summed E-state index contributed by atoms with van der Waals surface area (Å²) in [6.07, 6.45) is 17.4. The Balaban J connectivity index is 0.000000115. The fourth-order valence-electron chi connectivity index (χ4n) is 19.0. The average molecular weight is 1560 g/mol. The van der Waals surface area contributed by atoms with Gasteiger partial charge in [-0.25, -0.2) is 18.3 Å². The van der Waals surface area contributed by atoms with E-state index in [0.29, 0.717) is 16.7 Å². The zero-order valence-electron chi connectivity index (χ0n) is 78.2. The van der Waals surface area contributed by atoms with Gasteiger partial charge in [0.1, 0.15) is 35.2 Å². The molecule has 10 aromatic heterocycles. The fraction of sp³-hybridized carbons (Fsp3) is 0.259. The summed E-state index contributed by atoms with van der Waals surface area (Å²) >= 11 is 0. The van der Waals surface area contributed by atoms with E-state index < -0.39 is 19.1 Å². The van der Waals surface area contributed by atoms with Gasteiger partial charge in [0.2, 0.25) is 28.5 Å². The van der Waals surface area contributed by atoms with Crippen molar-refractivity contribution in [1.82, 2.24) is 24.9 Å². The largest absolute Gasteiger partial charge is 0.260 e. The third-order valence-corrected chi connectivity index (χ3v) is 25.7. The molecule has 20 rings (SSSR count). The van der Waals surface area contributed by atoms with Crippen LogP contribution in [0.5, 0.6) is 0 Å². The molecule has 0 saturated carbocycles. The van der Waals surface area contributed by atoms with Crippen molar-refractivity contribution in [2.75, 3.05) is 0 Å². The van der Waals surface area contributed by atoms with Gasteiger partial charge in [-0.05, 0) is 222 Å². The van der Waals surface area contributed by atoms with E-state index in [1.165, 1.54) is 180 Å². The summed E-state index contributed by atoms with van der Waals surface area (Å²) in [7, 11) is 10.4. The van der Waals surface area contributed by atoms with Crippen molar-refractivity contribution in [3.05, 3.63) is 357 Å². The molecule has 15 aromatic rings. The van der Waals surface area contributed by atoms with E-state index in [-0.39, 0.29) is 27.4 Å². The molecule has 0 aliphatic heterocycles. The Morgan fingerprint density at radius 3 is 0.890 bits per heavy atom. The standard InChI is InChI=1S/3C22H23N2.2C21H21N2/c1-14-12-19-18(16-9-7-11-23-21(16)22(19,3)4)13-17(14)20-10-6-8-15(2)24(20)5;1-14-8-9-20(24(5)13-14)17-12-18-16-7-6-10-23-21(16)22(3,4)19(18)11-15(17)2;1-14-8-10-24(5)20(11-14)17-13-18-16-7-6-9-23-21(16)22(3,4)19(18)12-15(17)2;2*1-14-12-18-17(13-16(14)19-9-5-6-11-23(19)4)15-8-7-10-22-20(15)21(18,2)3/h3*6-13H,1-5H3;2*5-13H,1-4H3/q5*+1/i;;;2D3,3D3;. The highest BCUT2D eigenvalue weighted by Crippen LogP contribution is 2.55. The lowest BCUT2D eigenvalue weighted by atomic mass is 9.83. The van der Waals surface area contributed by atoms with Crippen LogP contribution in [0.4, 0.5) is 0 Å². The van der Waals surface area contributed by atoms with Crippen LogP contribution in [0.25, 0.3) is 112 Å². The highest BCUT2D eigenvalue weighted by molar-refractivity contribution is 5.89. The maximum atomic E-state index is 8.25. The van der Waals surface area contributed by atoms with E-state index in [1.807, 2.05) is 98.1 Å². The summed E-state index contributed by atoms with van der Waals surface area (Å²) in [6.45, 7) is 29.7. The first kappa shape index (κ1) is 72.1. The van der Waals surface area contributed by atoms with Gasteiger partial charge in [0, 0.05) is 189 Å². The second-order valence-corrected chi connectivity index (χ2v) is 35.2. The number of fused-ring (bicyclic) bond motifs is 15. The van der Waals surface area contributed by atoms with Crippen LogP contribution in [-0.2, 0) is 62.3 Å². The number of nitrogens with zero attached hydrogens (tertiary/aromatic N) is 10. The first-order valence-corrected chi connectivity index (χ1v) is 41.0. The molecule has 10 heterocycles. The summed E-state index contributed by atoms with van der Waals surface area (Å²) in [5.41, 5.74) is 41.9. The maximum Gasteiger partial charge on any atom is 0.212 e. The van der Waals surface area contributed by atoms with E-state index >= 15 is 0 Å². The van der Waals surface area contributed by atoms with Crippen molar-refractivity contribution < 1.29 is 31.1 Å². The molecular weight excluding hydrogens is 1440 g/mol. The van der Waals surface area contributed by atoms with E-state index in [4.69, 9.17) is 8.22 Å². The second-order valence-electron chi connectivity index (χ2n) is 35.2. The molecule has 10 nitrogen and oxygen atoms in total. The molecule has 0 atom stereocenters. The Hall–Kier alpha value is -12.4. The number of hydrogen-bond acceptors (Lipinski definition) is 5. The van der Waals surface area contributed by atoms with E-state index in [2.05, 4.69) is 327 Å². The molecule has 5 aromatic carbocycles. The smallest absolute Gasteiger partial charge is 0.212 e. The van der Waals surface area contributed by atoms with Crippen LogP contribution < -0.4 is 22.8 Å². The van der Waals surface area contributed by atoms with Crippen molar-refractivity contribution in [3.8, 4) is 112 Å². The maximum absolute atomic E-state index is 8.25. The topological polar surface area (TPSA) is 83.8 Å². The number of aromatic nitrogens is 10. The lowest BCUT2D eigenvalue weighted by Gasteiger charge is -2.21. The van der Waals surface area contributed by atoms with Crippen LogP contribution in [0.2, 0.25) is 0 Å². The second kappa shape index (κ2) is 30.0. The third kappa shape index (κ3) is 13.5. The van der Waals surface area contributed by atoms with Gasteiger partial charge in [0.05, 0.1) is 28.5 Å². The summed E-state index contributed by atoms with van der Waals surface area (Å²) in [6, 6.07) is 70.3. The molecule has 10 heteroatoms. The van der Waals surface area contributed by atoms with Crippen LogP contribution in [0.3, 0.4) is 0 Å². The molecule has 0 radical (unpaired) electrons. The molecule has 5 aliphatic carbocycles. The molecule has 0 fully saturated rings. The zero-order chi connectivity index (χ0) is 88.6. The van der Waals surface area contributed by atoms with Gasteiger partial charge in [-0.3, -0.25) is 24.9 Å². The minimum absolute atomic E-state index is 0.0336. The fourth-order valence-corrected chi connectivity index (χ4v) is 19.0. The number of hydrogen-bond donors (Lipinski definition) is 0. The average Bonchev–Trinajstić information content (AvgIpc) is 1.51. The Bertz CT molecular complexity index is 6720. The first-order valence-electron chi connectivity index (χ1n) is 44.0. The Labute approximate surface area is 707 Å². The van der Waals surface area contributed by atoms with Crippen molar-refractivity contribution in [3.63, 3.8) is 0 Å². The van der Waals surface area contributed by atoms with Crippen molar-refractivity contribution in [2.45, 2.75) is 152 Å². The highest BCUT2D eigenvalue weighted by Gasteiger charge is 2.43. The van der Waals surface area contributed by atoms with E-state index in [9.17, 15) is 0 Å². The Morgan fingerprint density at radius 1 is 0.246 bits per heavy atom. The molecule has 0 N–H and O–H groups in total. The predicted octanol–water partition coefficient (Wildman–Crippen LogP) is 21.9. The molecule has 0 unspecified atom stereocenters. The zero-order valence-corrected chi connectivity index (χ0v) is 72.2. The molecular formula is C108H111N10+5. The number of pyridine rings is 10. The van der Waals surface area contributed by atoms with E-state index in [0.717, 1.165) is 16.8 Å². The van der Waals surface area contributed by atoms with Crippen LogP contribution in [0, 0.1) is 55.4 Å². The van der Waals surface area contributed by atoms with Crippen molar-refractivity contribution in [1.29, 1.82) is 0 Å². The van der Waals surface area contributed by atoms with Gasteiger partial charge in [0.15, 0.2) is 30.5 Å². The van der Waals surface area contributed by atoms with Gasteiger partial charge in [-0.2, -0.15) is 4.57 Å².